The summed E-state index contributed by atoms with van der Waals surface area (Å²) >= 11 is 0. The van der Waals surface area contributed by atoms with E-state index in [1.807, 2.05) is 36.7 Å². The highest BCUT2D eigenvalue weighted by atomic mass is 16.3. The molecule has 0 atom stereocenters. The van der Waals surface area contributed by atoms with Gasteiger partial charge < -0.3 is 0 Å². The maximum Gasteiger partial charge on any atom is 0.165 e. The Kier molecular flexibility index (Phi) is 4.59. The van der Waals surface area contributed by atoms with Crippen molar-refractivity contribution in [2.45, 2.75) is 45.1 Å². The number of aromatic nitrogens is 4. The standard InChI is InChI=1S/C28H25N5O/c1-17-13-24-29-16-23-18(2)25(20-7-5-4-6-8-20)26(30-27(23)33(24)31-17)21-11-9-19(10-12-21)22-14-28(3,15-22)32-34/h4-13,16,22H,14-15H2,1-3H3. The van der Waals surface area contributed by atoms with Crippen molar-refractivity contribution in [1.82, 2.24) is 19.6 Å². The first-order valence-electron chi connectivity index (χ1n) is 11.6. The van der Waals surface area contributed by atoms with Crippen LogP contribution in [0.15, 0.2) is 72.0 Å². The molecule has 1 aliphatic rings. The second-order valence-electron chi connectivity index (χ2n) is 9.69. The zero-order valence-electron chi connectivity index (χ0n) is 19.5. The van der Waals surface area contributed by atoms with Gasteiger partial charge in [0, 0.05) is 28.8 Å². The van der Waals surface area contributed by atoms with Crippen molar-refractivity contribution in [3.8, 4) is 22.4 Å². The monoisotopic (exact) mass is 447 g/mol. The van der Waals surface area contributed by atoms with Gasteiger partial charge in [0.1, 0.15) is 5.54 Å². The van der Waals surface area contributed by atoms with Crippen molar-refractivity contribution in [3.63, 3.8) is 0 Å². The fourth-order valence-corrected chi connectivity index (χ4v) is 5.27. The molecule has 0 bridgehead atoms. The van der Waals surface area contributed by atoms with E-state index in [0.717, 1.165) is 63.2 Å². The van der Waals surface area contributed by atoms with E-state index in [9.17, 15) is 4.91 Å². The van der Waals surface area contributed by atoms with E-state index in [1.165, 1.54) is 5.56 Å². The molecule has 0 unspecified atom stereocenters. The number of pyridine rings is 1. The van der Waals surface area contributed by atoms with Crippen molar-refractivity contribution in [3.05, 3.63) is 88.6 Å². The highest BCUT2D eigenvalue weighted by molar-refractivity contribution is 5.94. The van der Waals surface area contributed by atoms with Gasteiger partial charge in [-0.15, -0.1) is 0 Å². The van der Waals surface area contributed by atoms with Crippen molar-refractivity contribution in [1.29, 1.82) is 0 Å². The van der Waals surface area contributed by atoms with Crippen LogP contribution in [0.5, 0.6) is 0 Å². The number of benzene rings is 2. The Morgan fingerprint density at radius 3 is 2.44 bits per heavy atom. The van der Waals surface area contributed by atoms with E-state index >= 15 is 0 Å². The smallest absolute Gasteiger partial charge is 0.165 e. The third-order valence-corrected chi connectivity index (χ3v) is 7.12. The Morgan fingerprint density at radius 2 is 1.74 bits per heavy atom. The Balaban J connectivity index is 1.54. The Morgan fingerprint density at radius 1 is 1.00 bits per heavy atom. The number of nitrogens with zero attached hydrogens (tertiary/aromatic N) is 5. The molecular weight excluding hydrogens is 422 g/mol. The number of aryl methyl sites for hydroxylation is 2. The van der Waals surface area contributed by atoms with Crippen LogP contribution in [0.4, 0.5) is 0 Å². The van der Waals surface area contributed by atoms with Gasteiger partial charge in [-0.25, -0.2) is 9.97 Å². The summed E-state index contributed by atoms with van der Waals surface area (Å²) in [7, 11) is 0. The van der Waals surface area contributed by atoms with E-state index in [1.54, 1.807) is 0 Å². The third kappa shape index (κ3) is 3.21. The van der Waals surface area contributed by atoms with Crippen molar-refractivity contribution in [2.75, 3.05) is 0 Å². The summed E-state index contributed by atoms with van der Waals surface area (Å²) in [5.74, 6) is 0.384. The lowest BCUT2D eigenvalue weighted by Gasteiger charge is -2.39. The molecule has 0 radical (unpaired) electrons. The molecule has 5 aromatic rings. The Bertz CT molecular complexity index is 1550. The average molecular weight is 448 g/mol. The summed E-state index contributed by atoms with van der Waals surface area (Å²) in [6, 6.07) is 21.0. The molecular formula is C28H25N5O. The molecule has 6 nitrogen and oxygen atoms in total. The molecule has 6 heteroatoms. The molecule has 1 saturated carbocycles. The largest absolute Gasteiger partial charge is 0.236 e. The van der Waals surface area contributed by atoms with E-state index in [0.29, 0.717) is 5.92 Å². The molecule has 0 amide bonds. The SMILES string of the molecule is Cc1cc2ncc3c(C)c(-c4ccccc4)c(-c4ccc(C5CC(C)(N=O)C5)cc4)nc3n2n1. The normalized spacial score (nSPS) is 19.9. The molecule has 6 rings (SSSR count). The number of hydrogen-bond donors (Lipinski definition) is 0. The first kappa shape index (κ1) is 20.7. The van der Waals surface area contributed by atoms with Gasteiger partial charge in [0.05, 0.1) is 11.4 Å². The zero-order valence-corrected chi connectivity index (χ0v) is 19.5. The summed E-state index contributed by atoms with van der Waals surface area (Å²) in [5.41, 5.74) is 8.68. The fraction of sp³-hybridized carbons (Fsp3) is 0.250. The van der Waals surface area contributed by atoms with Gasteiger partial charge in [0.2, 0.25) is 0 Å². The number of fused-ring (bicyclic) bond motifs is 3. The average Bonchev–Trinajstić information content (AvgIpc) is 3.23. The molecule has 0 saturated heterocycles. The van der Waals surface area contributed by atoms with Gasteiger partial charge in [-0.1, -0.05) is 59.8 Å². The van der Waals surface area contributed by atoms with Crippen LogP contribution in [-0.2, 0) is 0 Å². The van der Waals surface area contributed by atoms with Crippen LogP contribution < -0.4 is 0 Å². The molecule has 168 valence electrons. The van der Waals surface area contributed by atoms with Crippen LogP contribution >= 0.6 is 0 Å². The van der Waals surface area contributed by atoms with Crippen LogP contribution in [0.25, 0.3) is 39.1 Å². The highest BCUT2D eigenvalue weighted by Gasteiger charge is 2.42. The summed E-state index contributed by atoms with van der Waals surface area (Å²) < 4.78 is 1.84. The predicted molar refractivity (Wildman–Crippen MR) is 135 cm³/mol. The molecule has 1 fully saturated rings. The van der Waals surface area contributed by atoms with Crippen LogP contribution in [0.3, 0.4) is 0 Å². The number of rotatable bonds is 4. The van der Waals surface area contributed by atoms with Crippen LogP contribution in [0.2, 0.25) is 0 Å². The molecule has 0 N–H and O–H groups in total. The van der Waals surface area contributed by atoms with Gasteiger partial charge in [0.25, 0.3) is 0 Å². The quantitative estimate of drug-likeness (QED) is 0.290. The van der Waals surface area contributed by atoms with Crippen LogP contribution in [0.1, 0.15) is 42.5 Å². The highest BCUT2D eigenvalue weighted by Crippen LogP contribution is 2.47. The lowest BCUT2D eigenvalue weighted by Crippen LogP contribution is -2.37. The summed E-state index contributed by atoms with van der Waals surface area (Å²) in [6.07, 6.45) is 3.52. The maximum atomic E-state index is 11.1. The summed E-state index contributed by atoms with van der Waals surface area (Å²) in [5, 5.41) is 8.95. The second-order valence-corrected chi connectivity index (χ2v) is 9.69. The molecule has 3 aromatic heterocycles. The topological polar surface area (TPSA) is 72.5 Å². The van der Waals surface area contributed by atoms with Crippen molar-refractivity contribution >= 4 is 16.7 Å². The van der Waals surface area contributed by atoms with E-state index in [2.05, 4.69) is 70.7 Å². The van der Waals surface area contributed by atoms with Crippen LogP contribution in [-0.4, -0.2) is 25.1 Å². The van der Waals surface area contributed by atoms with Crippen molar-refractivity contribution < 1.29 is 0 Å². The minimum absolute atomic E-state index is 0.384. The fourth-order valence-electron chi connectivity index (χ4n) is 5.27. The van der Waals surface area contributed by atoms with Gasteiger partial charge in [0.15, 0.2) is 11.3 Å². The second kappa shape index (κ2) is 7.55. The van der Waals surface area contributed by atoms with E-state index in [-0.39, 0.29) is 0 Å². The predicted octanol–water partition coefficient (Wildman–Crippen LogP) is 6.63. The molecule has 0 aliphatic heterocycles. The summed E-state index contributed by atoms with van der Waals surface area (Å²) in [4.78, 5) is 20.9. The molecule has 1 aliphatic carbocycles. The van der Waals surface area contributed by atoms with E-state index < -0.39 is 5.54 Å². The number of nitroso groups, excluding NO2 is 1. The van der Waals surface area contributed by atoms with Gasteiger partial charge >= 0.3 is 0 Å². The van der Waals surface area contributed by atoms with Gasteiger partial charge in [-0.05, 0) is 56.2 Å². The van der Waals surface area contributed by atoms with Crippen molar-refractivity contribution in [2.24, 2.45) is 5.18 Å². The molecule has 2 aromatic carbocycles. The zero-order chi connectivity index (χ0) is 23.4. The number of hydrogen-bond acceptors (Lipinski definition) is 5. The molecule has 3 heterocycles. The van der Waals surface area contributed by atoms with Gasteiger partial charge in [-0.3, -0.25) is 0 Å². The first-order chi connectivity index (χ1) is 16.5. The van der Waals surface area contributed by atoms with Crippen LogP contribution in [0, 0.1) is 18.8 Å². The maximum absolute atomic E-state index is 11.1. The first-order valence-corrected chi connectivity index (χ1v) is 11.6. The summed E-state index contributed by atoms with van der Waals surface area (Å²) in [6.45, 7) is 6.04. The minimum Gasteiger partial charge on any atom is -0.236 e. The van der Waals surface area contributed by atoms with E-state index in [4.69, 9.17) is 4.98 Å². The lowest BCUT2D eigenvalue weighted by atomic mass is 9.67. The minimum atomic E-state index is -0.415. The lowest BCUT2D eigenvalue weighted by molar-refractivity contribution is 0.231. The molecule has 0 spiro atoms. The van der Waals surface area contributed by atoms with Gasteiger partial charge in [-0.2, -0.15) is 14.5 Å². The Hall–Kier alpha value is -3.93. The third-order valence-electron chi connectivity index (χ3n) is 7.12. The molecule has 34 heavy (non-hydrogen) atoms. The Labute approximate surface area is 197 Å².